The molecular weight excluding hydrogens is 254 g/mol. The first-order valence-electron chi connectivity index (χ1n) is 3.83. The monoisotopic (exact) mass is 258 g/mol. The largest absolute Gasteiger partial charge is 0.234 e. The zero-order valence-electron chi connectivity index (χ0n) is 6.92. The fraction of sp³-hybridized carbons (Fsp3) is 0. The predicted molar refractivity (Wildman–Crippen MR) is 51.2 cm³/mol. The SMILES string of the molecule is Fc1cccc(F)c1-n1cc(Br)cn1. The lowest BCUT2D eigenvalue weighted by Gasteiger charge is -2.03. The smallest absolute Gasteiger partial charge is 0.151 e. The third kappa shape index (κ3) is 1.55. The molecule has 0 aliphatic carbocycles. The van der Waals surface area contributed by atoms with Crippen molar-refractivity contribution < 1.29 is 8.78 Å². The van der Waals surface area contributed by atoms with Crippen LogP contribution in [0.4, 0.5) is 8.78 Å². The van der Waals surface area contributed by atoms with Gasteiger partial charge in [-0.2, -0.15) is 5.10 Å². The molecule has 0 aliphatic rings. The molecule has 1 aromatic heterocycles. The van der Waals surface area contributed by atoms with Gasteiger partial charge in [0.05, 0.1) is 10.7 Å². The Labute approximate surface area is 87.3 Å². The van der Waals surface area contributed by atoms with E-state index in [1.807, 2.05) is 0 Å². The number of nitrogens with zero attached hydrogens (tertiary/aromatic N) is 2. The molecule has 0 atom stereocenters. The quantitative estimate of drug-likeness (QED) is 0.769. The average Bonchev–Trinajstić information content (AvgIpc) is 2.51. The van der Waals surface area contributed by atoms with Crippen LogP contribution < -0.4 is 0 Å². The number of hydrogen-bond acceptors (Lipinski definition) is 1. The topological polar surface area (TPSA) is 17.8 Å². The van der Waals surface area contributed by atoms with E-state index >= 15 is 0 Å². The summed E-state index contributed by atoms with van der Waals surface area (Å²) in [5, 5.41) is 3.80. The highest BCUT2D eigenvalue weighted by atomic mass is 79.9. The lowest BCUT2D eigenvalue weighted by atomic mass is 10.3. The van der Waals surface area contributed by atoms with E-state index in [4.69, 9.17) is 0 Å². The minimum Gasteiger partial charge on any atom is -0.234 e. The van der Waals surface area contributed by atoms with Crippen molar-refractivity contribution in [2.75, 3.05) is 0 Å². The van der Waals surface area contributed by atoms with Crippen LogP contribution in [0.25, 0.3) is 5.69 Å². The first-order chi connectivity index (χ1) is 6.68. The molecular formula is C9H5BrF2N2. The summed E-state index contributed by atoms with van der Waals surface area (Å²) in [6.07, 6.45) is 2.95. The third-order valence-corrected chi connectivity index (χ3v) is 2.13. The molecule has 2 nitrogen and oxygen atoms in total. The maximum atomic E-state index is 13.2. The van der Waals surface area contributed by atoms with Gasteiger partial charge in [0.2, 0.25) is 0 Å². The molecule has 0 fully saturated rings. The zero-order valence-corrected chi connectivity index (χ0v) is 8.50. The Bertz CT molecular complexity index is 447. The molecule has 1 heterocycles. The molecule has 0 saturated heterocycles. The highest BCUT2D eigenvalue weighted by Gasteiger charge is 2.10. The summed E-state index contributed by atoms with van der Waals surface area (Å²) >= 11 is 3.15. The molecule has 14 heavy (non-hydrogen) atoms. The van der Waals surface area contributed by atoms with Crippen LogP contribution in [0.15, 0.2) is 35.1 Å². The minimum atomic E-state index is -0.638. The molecule has 0 radical (unpaired) electrons. The fourth-order valence-electron chi connectivity index (χ4n) is 1.13. The van der Waals surface area contributed by atoms with Crippen LogP contribution in [0.2, 0.25) is 0 Å². The van der Waals surface area contributed by atoms with Crippen LogP contribution in [-0.2, 0) is 0 Å². The van der Waals surface area contributed by atoms with E-state index in [0.29, 0.717) is 4.47 Å². The normalized spacial score (nSPS) is 10.5. The number of aromatic nitrogens is 2. The van der Waals surface area contributed by atoms with Crippen molar-refractivity contribution in [2.45, 2.75) is 0 Å². The van der Waals surface area contributed by atoms with Gasteiger partial charge in [0.25, 0.3) is 0 Å². The van der Waals surface area contributed by atoms with E-state index in [1.165, 1.54) is 30.6 Å². The van der Waals surface area contributed by atoms with E-state index in [1.54, 1.807) is 0 Å². The van der Waals surface area contributed by atoms with E-state index in [9.17, 15) is 8.78 Å². The molecule has 5 heteroatoms. The van der Waals surface area contributed by atoms with Gasteiger partial charge in [-0.25, -0.2) is 13.5 Å². The van der Waals surface area contributed by atoms with Gasteiger partial charge in [-0.15, -0.1) is 0 Å². The molecule has 0 amide bonds. The molecule has 0 N–H and O–H groups in total. The first-order valence-corrected chi connectivity index (χ1v) is 4.62. The maximum absolute atomic E-state index is 13.2. The summed E-state index contributed by atoms with van der Waals surface area (Å²) in [6.45, 7) is 0. The third-order valence-electron chi connectivity index (χ3n) is 1.72. The molecule has 1 aromatic carbocycles. The Balaban J connectivity index is 2.61. The summed E-state index contributed by atoms with van der Waals surface area (Å²) < 4.78 is 28.3. The summed E-state index contributed by atoms with van der Waals surface area (Å²) in [5.74, 6) is -1.28. The van der Waals surface area contributed by atoms with E-state index in [-0.39, 0.29) is 5.69 Å². The van der Waals surface area contributed by atoms with Crippen molar-refractivity contribution in [3.8, 4) is 5.69 Å². The van der Waals surface area contributed by atoms with Crippen molar-refractivity contribution in [2.24, 2.45) is 0 Å². The maximum Gasteiger partial charge on any atom is 0.151 e. The van der Waals surface area contributed by atoms with Crippen LogP contribution in [-0.4, -0.2) is 9.78 Å². The highest BCUT2D eigenvalue weighted by Crippen LogP contribution is 2.18. The number of halogens is 3. The standard InChI is InChI=1S/C9H5BrF2N2/c10-6-4-13-14(5-6)9-7(11)2-1-3-8(9)12/h1-5H. The second-order valence-corrected chi connectivity index (χ2v) is 3.59. The minimum absolute atomic E-state index is 0.168. The van der Waals surface area contributed by atoms with Gasteiger partial charge < -0.3 is 0 Å². The van der Waals surface area contributed by atoms with E-state index in [2.05, 4.69) is 21.0 Å². The summed E-state index contributed by atoms with van der Waals surface area (Å²) in [7, 11) is 0. The molecule has 2 rings (SSSR count). The first kappa shape index (κ1) is 9.33. The summed E-state index contributed by atoms with van der Waals surface area (Å²) in [4.78, 5) is 0. The number of rotatable bonds is 1. The van der Waals surface area contributed by atoms with Crippen molar-refractivity contribution in [1.82, 2.24) is 9.78 Å². The van der Waals surface area contributed by atoms with Crippen LogP contribution >= 0.6 is 15.9 Å². The van der Waals surface area contributed by atoms with Gasteiger partial charge in [-0.05, 0) is 28.1 Å². The lowest BCUT2D eigenvalue weighted by molar-refractivity contribution is 0.560. The number of para-hydroxylation sites is 1. The Morgan fingerprint density at radius 3 is 2.36 bits per heavy atom. The average molecular weight is 259 g/mol. The van der Waals surface area contributed by atoms with Crippen molar-refractivity contribution in [3.05, 3.63) is 46.7 Å². The molecule has 0 unspecified atom stereocenters. The van der Waals surface area contributed by atoms with Crippen LogP contribution in [0.3, 0.4) is 0 Å². The Morgan fingerprint density at radius 2 is 1.86 bits per heavy atom. The van der Waals surface area contributed by atoms with Crippen molar-refractivity contribution in [3.63, 3.8) is 0 Å². The van der Waals surface area contributed by atoms with Gasteiger partial charge in [0.15, 0.2) is 11.6 Å². The summed E-state index contributed by atoms with van der Waals surface area (Å²) in [6, 6.07) is 3.69. The Kier molecular flexibility index (Phi) is 2.33. The zero-order chi connectivity index (χ0) is 10.1. The van der Waals surface area contributed by atoms with Crippen molar-refractivity contribution in [1.29, 1.82) is 0 Å². The second-order valence-electron chi connectivity index (χ2n) is 2.67. The Morgan fingerprint density at radius 1 is 1.21 bits per heavy atom. The molecule has 0 saturated carbocycles. The second kappa shape index (κ2) is 3.49. The van der Waals surface area contributed by atoms with Gasteiger partial charge >= 0.3 is 0 Å². The number of benzene rings is 1. The molecule has 0 spiro atoms. The Hall–Kier alpha value is -1.23. The van der Waals surface area contributed by atoms with Gasteiger partial charge in [-0.1, -0.05) is 6.07 Å². The predicted octanol–water partition coefficient (Wildman–Crippen LogP) is 2.91. The lowest BCUT2D eigenvalue weighted by Crippen LogP contribution is -2.01. The van der Waals surface area contributed by atoms with Crippen LogP contribution in [0.1, 0.15) is 0 Å². The molecule has 2 aromatic rings. The van der Waals surface area contributed by atoms with Gasteiger partial charge in [0, 0.05) is 6.20 Å². The summed E-state index contributed by atoms with van der Waals surface area (Å²) in [5.41, 5.74) is -0.168. The number of hydrogen-bond donors (Lipinski definition) is 0. The fourth-order valence-corrected chi connectivity index (χ4v) is 1.42. The van der Waals surface area contributed by atoms with E-state index in [0.717, 1.165) is 4.68 Å². The van der Waals surface area contributed by atoms with Gasteiger partial charge in [-0.3, -0.25) is 0 Å². The molecule has 0 aliphatic heterocycles. The van der Waals surface area contributed by atoms with Crippen LogP contribution in [0, 0.1) is 11.6 Å². The highest BCUT2D eigenvalue weighted by molar-refractivity contribution is 9.10. The van der Waals surface area contributed by atoms with Crippen LogP contribution in [0.5, 0.6) is 0 Å². The molecule has 72 valence electrons. The molecule has 0 bridgehead atoms. The van der Waals surface area contributed by atoms with Gasteiger partial charge in [0.1, 0.15) is 5.69 Å². The van der Waals surface area contributed by atoms with Crippen molar-refractivity contribution >= 4 is 15.9 Å². The van der Waals surface area contributed by atoms with E-state index < -0.39 is 11.6 Å².